The fourth-order valence-corrected chi connectivity index (χ4v) is 3.82. The van der Waals surface area contributed by atoms with Crippen molar-refractivity contribution in [1.29, 1.82) is 0 Å². The minimum absolute atomic E-state index is 0.311. The summed E-state index contributed by atoms with van der Waals surface area (Å²) in [6.07, 6.45) is 0.821. The van der Waals surface area contributed by atoms with Crippen LogP contribution in [0.15, 0.2) is 44.7 Å². The molecule has 0 saturated heterocycles. The molecule has 1 aromatic carbocycles. The molecular weight excluding hydrogens is 338 g/mol. The van der Waals surface area contributed by atoms with Gasteiger partial charge < -0.3 is 4.42 Å². The van der Waals surface area contributed by atoms with Crippen molar-refractivity contribution in [3.8, 4) is 0 Å². The van der Waals surface area contributed by atoms with E-state index in [0.29, 0.717) is 12.1 Å². The van der Waals surface area contributed by atoms with Crippen LogP contribution < -0.4 is 5.76 Å². The molecule has 128 valence electrons. The molecule has 0 aliphatic heterocycles. The highest BCUT2D eigenvalue weighted by Gasteiger charge is 2.11. The number of hydrogen-bond acceptors (Lipinski definition) is 6. The van der Waals surface area contributed by atoms with Gasteiger partial charge in [0, 0.05) is 24.1 Å². The van der Waals surface area contributed by atoms with Crippen LogP contribution in [-0.4, -0.2) is 29.9 Å². The molecule has 0 N–H and O–H groups in total. The molecule has 4 aromatic rings. The lowest BCUT2D eigenvalue weighted by Crippen LogP contribution is -2.14. The molecule has 3 aromatic heterocycles. The van der Waals surface area contributed by atoms with Crippen LogP contribution in [0.5, 0.6) is 0 Å². The molecule has 0 bridgehead atoms. The Morgan fingerprint density at radius 2 is 2.04 bits per heavy atom. The van der Waals surface area contributed by atoms with E-state index in [2.05, 4.69) is 15.2 Å². The van der Waals surface area contributed by atoms with Crippen LogP contribution in [0, 0.1) is 13.8 Å². The lowest BCUT2D eigenvalue weighted by atomic mass is 10.3. The smallest absolute Gasteiger partial charge is 0.408 e. The zero-order chi connectivity index (χ0) is 17.4. The Bertz CT molecular complexity index is 1110. The van der Waals surface area contributed by atoms with Crippen molar-refractivity contribution in [1.82, 2.24) is 24.1 Å². The monoisotopic (exact) mass is 355 g/mol. The zero-order valence-electron chi connectivity index (χ0n) is 14.0. The van der Waals surface area contributed by atoms with Crippen molar-refractivity contribution in [3.63, 3.8) is 0 Å². The Hall–Kier alpha value is -2.61. The first-order valence-corrected chi connectivity index (χ1v) is 9.02. The second-order valence-electron chi connectivity index (χ2n) is 5.81. The maximum Gasteiger partial charge on any atom is 0.419 e. The Morgan fingerprint density at radius 3 is 2.92 bits per heavy atom. The van der Waals surface area contributed by atoms with E-state index >= 15 is 0 Å². The first-order valence-electron chi connectivity index (χ1n) is 8.04. The number of fused-ring (bicyclic) bond motifs is 2. The highest BCUT2D eigenvalue weighted by Crippen LogP contribution is 2.20. The number of para-hydroxylation sites is 2. The van der Waals surface area contributed by atoms with E-state index in [0.717, 1.165) is 40.0 Å². The fraction of sp³-hybridized carbons (Fsp3) is 0.294. The molecule has 0 saturated carbocycles. The van der Waals surface area contributed by atoms with Crippen LogP contribution in [0.1, 0.15) is 17.9 Å². The molecule has 8 heteroatoms. The van der Waals surface area contributed by atoms with Crippen LogP contribution in [-0.2, 0) is 6.54 Å². The van der Waals surface area contributed by atoms with Crippen molar-refractivity contribution >= 4 is 28.5 Å². The third-order valence-electron chi connectivity index (χ3n) is 3.99. The minimum atomic E-state index is -0.311. The average Bonchev–Trinajstić information content (AvgIpc) is 3.12. The van der Waals surface area contributed by atoms with Crippen LogP contribution in [0.3, 0.4) is 0 Å². The van der Waals surface area contributed by atoms with Crippen LogP contribution >= 0.6 is 11.8 Å². The molecule has 7 nitrogen and oxygen atoms in total. The number of aromatic nitrogens is 5. The first kappa shape index (κ1) is 15.9. The van der Waals surface area contributed by atoms with Crippen molar-refractivity contribution < 1.29 is 4.42 Å². The highest BCUT2D eigenvalue weighted by atomic mass is 32.2. The van der Waals surface area contributed by atoms with Gasteiger partial charge in [-0.25, -0.2) is 9.78 Å². The predicted molar refractivity (Wildman–Crippen MR) is 96.1 cm³/mol. The zero-order valence-corrected chi connectivity index (χ0v) is 14.8. The number of thioether (sulfide) groups is 1. The van der Waals surface area contributed by atoms with E-state index in [1.165, 1.54) is 0 Å². The van der Waals surface area contributed by atoms with E-state index in [9.17, 15) is 4.79 Å². The second-order valence-corrected chi connectivity index (χ2v) is 6.87. The Labute approximate surface area is 147 Å². The topological polar surface area (TPSA) is 78.2 Å². The summed E-state index contributed by atoms with van der Waals surface area (Å²) in [5, 5.41) is 9.28. The van der Waals surface area contributed by atoms with E-state index < -0.39 is 0 Å². The van der Waals surface area contributed by atoms with Gasteiger partial charge in [-0.1, -0.05) is 23.9 Å². The van der Waals surface area contributed by atoms with Crippen molar-refractivity contribution in [2.45, 2.75) is 32.0 Å². The number of nitrogens with zero attached hydrogens (tertiary/aromatic N) is 5. The average molecular weight is 355 g/mol. The molecule has 0 amide bonds. The second kappa shape index (κ2) is 6.36. The minimum Gasteiger partial charge on any atom is -0.408 e. The van der Waals surface area contributed by atoms with Gasteiger partial charge in [0.1, 0.15) is 5.82 Å². The summed E-state index contributed by atoms with van der Waals surface area (Å²) in [5.41, 5.74) is 3.20. The Morgan fingerprint density at radius 1 is 1.20 bits per heavy atom. The molecule has 0 spiro atoms. The van der Waals surface area contributed by atoms with E-state index in [1.807, 2.05) is 48.6 Å². The lowest BCUT2D eigenvalue weighted by molar-refractivity contribution is 0.503. The van der Waals surface area contributed by atoms with E-state index in [-0.39, 0.29) is 5.76 Å². The molecule has 0 unspecified atom stereocenters. The van der Waals surface area contributed by atoms with Gasteiger partial charge in [0.25, 0.3) is 0 Å². The van der Waals surface area contributed by atoms with Crippen molar-refractivity contribution in [2.24, 2.45) is 0 Å². The Kier molecular flexibility index (Phi) is 4.04. The van der Waals surface area contributed by atoms with Crippen LogP contribution in [0.2, 0.25) is 0 Å². The summed E-state index contributed by atoms with van der Waals surface area (Å²) in [4.78, 5) is 16.4. The van der Waals surface area contributed by atoms with Crippen molar-refractivity contribution in [2.75, 3.05) is 5.75 Å². The summed E-state index contributed by atoms with van der Waals surface area (Å²) < 4.78 is 8.88. The quantitative estimate of drug-likeness (QED) is 0.405. The number of benzene rings is 1. The molecular formula is C17H17N5O2S. The fourth-order valence-electron chi connectivity index (χ4n) is 2.91. The molecule has 3 heterocycles. The van der Waals surface area contributed by atoms with Gasteiger partial charge >= 0.3 is 5.76 Å². The SMILES string of the molecule is Cc1cc2nnc(SCCCn3c(=O)oc4ccccc43)n2c(C)n1. The van der Waals surface area contributed by atoms with Gasteiger partial charge in [0.2, 0.25) is 0 Å². The van der Waals surface area contributed by atoms with Gasteiger partial charge in [-0.15, -0.1) is 10.2 Å². The van der Waals surface area contributed by atoms with Gasteiger partial charge in [0.15, 0.2) is 16.4 Å². The molecule has 0 radical (unpaired) electrons. The van der Waals surface area contributed by atoms with Gasteiger partial charge in [-0.3, -0.25) is 8.97 Å². The number of aryl methyl sites for hydroxylation is 3. The largest absolute Gasteiger partial charge is 0.419 e. The molecule has 0 aliphatic carbocycles. The number of oxazole rings is 1. The number of hydrogen-bond donors (Lipinski definition) is 0. The van der Waals surface area contributed by atoms with Gasteiger partial charge in [-0.2, -0.15) is 0 Å². The third kappa shape index (κ3) is 2.93. The molecule has 4 rings (SSSR count). The standard InChI is InChI=1S/C17H17N5O2S/c1-11-10-15-19-20-16(22(15)12(2)18-11)25-9-5-8-21-13-6-3-4-7-14(13)24-17(21)23/h3-4,6-7,10H,5,8-9H2,1-2H3. The summed E-state index contributed by atoms with van der Waals surface area (Å²) in [7, 11) is 0. The Balaban J connectivity index is 1.46. The van der Waals surface area contributed by atoms with Crippen LogP contribution in [0.4, 0.5) is 0 Å². The van der Waals surface area contributed by atoms with E-state index in [4.69, 9.17) is 4.42 Å². The maximum atomic E-state index is 12.0. The normalized spacial score (nSPS) is 11.6. The van der Waals surface area contributed by atoms with Crippen LogP contribution in [0.25, 0.3) is 16.7 Å². The molecule has 0 fully saturated rings. The van der Waals surface area contributed by atoms with Crippen molar-refractivity contribution in [3.05, 3.63) is 52.4 Å². The summed E-state index contributed by atoms with van der Waals surface area (Å²) in [5.74, 6) is 1.38. The first-order chi connectivity index (χ1) is 12.1. The van der Waals surface area contributed by atoms with Gasteiger partial charge in [-0.05, 0) is 32.4 Å². The molecule has 0 atom stereocenters. The number of rotatable bonds is 5. The third-order valence-corrected chi connectivity index (χ3v) is 5.00. The predicted octanol–water partition coefficient (Wildman–Crippen LogP) is 2.83. The highest BCUT2D eigenvalue weighted by molar-refractivity contribution is 7.99. The lowest BCUT2D eigenvalue weighted by Gasteiger charge is -2.04. The summed E-state index contributed by atoms with van der Waals surface area (Å²) >= 11 is 1.61. The molecule has 25 heavy (non-hydrogen) atoms. The summed E-state index contributed by atoms with van der Waals surface area (Å²) in [6.45, 7) is 4.50. The van der Waals surface area contributed by atoms with E-state index in [1.54, 1.807) is 16.3 Å². The summed E-state index contributed by atoms with van der Waals surface area (Å²) in [6, 6.07) is 9.39. The maximum absolute atomic E-state index is 12.0. The van der Waals surface area contributed by atoms with Gasteiger partial charge in [0.05, 0.1) is 5.52 Å². The molecule has 0 aliphatic rings.